The number of nitrogens with one attached hydrogen (secondary N) is 1. The van der Waals surface area contributed by atoms with Gasteiger partial charge in [0.2, 0.25) is 0 Å². The molecule has 0 atom stereocenters. The highest BCUT2D eigenvalue weighted by atomic mass is 127. The van der Waals surface area contributed by atoms with Crippen molar-refractivity contribution in [2.75, 3.05) is 13.1 Å². The summed E-state index contributed by atoms with van der Waals surface area (Å²) < 4.78 is 11.9. The summed E-state index contributed by atoms with van der Waals surface area (Å²) in [4.78, 5) is 0. The summed E-state index contributed by atoms with van der Waals surface area (Å²) >= 11 is 1.88. The Morgan fingerprint density at radius 1 is 1.38 bits per heavy atom. The van der Waals surface area contributed by atoms with Gasteiger partial charge in [0.15, 0.2) is 3.68 Å². The van der Waals surface area contributed by atoms with Gasteiger partial charge in [-0.05, 0) is 35.7 Å². The van der Waals surface area contributed by atoms with Crippen LogP contribution in [-0.4, -0.2) is 16.8 Å². The molecule has 0 amide bonds. The Balaban J connectivity index is 2.33. The van der Waals surface area contributed by atoms with Crippen molar-refractivity contribution in [2.45, 2.75) is 16.5 Å². The summed E-state index contributed by atoms with van der Waals surface area (Å²) in [5.74, 6) is 0. The lowest BCUT2D eigenvalue weighted by Gasteiger charge is -2.23. The zero-order valence-electron chi connectivity index (χ0n) is 4.58. The van der Waals surface area contributed by atoms with Gasteiger partial charge in [0.05, 0.1) is 0 Å². The second-order valence-electron chi connectivity index (χ2n) is 2.11. The predicted molar refractivity (Wildman–Crippen MR) is 40.0 cm³/mol. The number of hydrogen-bond acceptors (Lipinski definition) is 1. The van der Waals surface area contributed by atoms with E-state index in [1.54, 1.807) is 0 Å². The fourth-order valence-electron chi connectivity index (χ4n) is 0.793. The van der Waals surface area contributed by atoms with Gasteiger partial charge >= 0.3 is 0 Å². The lowest BCUT2D eigenvalue weighted by molar-refractivity contribution is 0.243. The maximum absolute atomic E-state index is 12.8. The molecule has 8 heavy (non-hydrogen) atoms. The molecule has 0 aromatic heterocycles. The molecule has 1 N–H and O–H groups in total. The van der Waals surface area contributed by atoms with Crippen LogP contribution >= 0.6 is 22.6 Å². The first-order chi connectivity index (χ1) is 3.71. The summed E-state index contributed by atoms with van der Waals surface area (Å²) in [6.07, 6.45) is 1.32. The molecule has 0 aromatic rings. The highest BCUT2D eigenvalue weighted by Gasteiger charge is 2.26. The molecular formula is C5H9FIN. The molecule has 0 spiro atoms. The zero-order chi connectivity index (χ0) is 6.04. The van der Waals surface area contributed by atoms with Crippen LogP contribution in [0, 0.1) is 0 Å². The first kappa shape index (κ1) is 6.74. The van der Waals surface area contributed by atoms with Crippen molar-refractivity contribution < 1.29 is 4.39 Å². The van der Waals surface area contributed by atoms with E-state index in [0.29, 0.717) is 12.8 Å². The molecule has 1 rings (SSSR count). The summed E-state index contributed by atoms with van der Waals surface area (Å²) in [5.41, 5.74) is 0. The first-order valence-electron chi connectivity index (χ1n) is 2.79. The quantitative estimate of drug-likeness (QED) is 0.490. The van der Waals surface area contributed by atoms with E-state index >= 15 is 0 Å². The monoisotopic (exact) mass is 229 g/mol. The van der Waals surface area contributed by atoms with Gasteiger partial charge in [-0.15, -0.1) is 0 Å². The lowest BCUT2D eigenvalue weighted by Crippen LogP contribution is -2.33. The van der Waals surface area contributed by atoms with Crippen LogP contribution in [-0.2, 0) is 0 Å². The van der Waals surface area contributed by atoms with E-state index in [4.69, 9.17) is 0 Å². The molecule has 0 aliphatic carbocycles. The Hall–Kier alpha value is 0.620. The van der Waals surface area contributed by atoms with Crippen LogP contribution < -0.4 is 5.32 Å². The Bertz CT molecular complexity index is 76.5. The predicted octanol–water partition coefficient (Wildman–Crippen LogP) is 1.47. The topological polar surface area (TPSA) is 12.0 Å². The van der Waals surface area contributed by atoms with Gasteiger partial charge in [0, 0.05) is 12.8 Å². The molecule has 3 heteroatoms. The van der Waals surface area contributed by atoms with Crippen LogP contribution in [0.4, 0.5) is 4.39 Å². The smallest absolute Gasteiger partial charge is 0.163 e. The highest BCUT2D eigenvalue weighted by Crippen LogP contribution is 2.29. The molecule has 1 fully saturated rings. The number of alkyl halides is 2. The molecule has 0 saturated carbocycles. The molecule has 1 heterocycles. The summed E-state index contributed by atoms with van der Waals surface area (Å²) in [5, 5.41) is 3.10. The summed E-state index contributed by atoms with van der Waals surface area (Å²) in [6, 6.07) is 0. The number of piperidine rings is 1. The normalized spacial score (nSPS) is 27.8. The number of halogens is 2. The van der Waals surface area contributed by atoms with Gasteiger partial charge in [-0.25, -0.2) is 4.39 Å². The highest BCUT2D eigenvalue weighted by molar-refractivity contribution is 14.1. The minimum absolute atomic E-state index is 0.660. The van der Waals surface area contributed by atoms with Gasteiger partial charge in [-0.3, -0.25) is 0 Å². The fraction of sp³-hybridized carbons (Fsp3) is 1.00. The minimum Gasteiger partial charge on any atom is -0.316 e. The average Bonchev–Trinajstić information content (AvgIpc) is 1.65. The Kier molecular flexibility index (Phi) is 2.08. The molecule has 1 nitrogen and oxygen atoms in total. The van der Waals surface area contributed by atoms with Gasteiger partial charge in [-0.1, -0.05) is 0 Å². The fourth-order valence-corrected chi connectivity index (χ4v) is 1.33. The third-order valence-electron chi connectivity index (χ3n) is 1.34. The van der Waals surface area contributed by atoms with Crippen molar-refractivity contribution in [1.29, 1.82) is 0 Å². The Morgan fingerprint density at radius 3 is 2.12 bits per heavy atom. The van der Waals surface area contributed by atoms with Crippen molar-refractivity contribution in [3.8, 4) is 0 Å². The summed E-state index contributed by atoms with van der Waals surface area (Å²) in [6.45, 7) is 1.67. The number of rotatable bonds is 0. The third kappa shape index (κ3) is 1.85. The van der Waals surface area contributed by atoms with Crippen molar-refractivity contribution >= 4 is 22.6 Å². The van der Waals surface area contributed by atoms with Crippen LogP contribution in [0.1, 0.15) is 12.8 Å². The molecule has 1 aliphatic heterocycles. The van der Waals surface area contributed by atoms with Crippen molar-refractivity contribution in [3.05, 3.63) is 0 Å². The van der Waals surface area contributed by atoms with E-state index < -0.39 is 3.68 Å². The SMILES string of the molecule is FC1(I)CCNCC1. The maximum atomic E-state index is 12.8. The second-order valence-corrected chi connectivity index (χ2v) is 4.04. The third-order valence-corrected chi connectivity index (χ3v) is 2.41. The van der Waals surface area contributed by atoms with E-state index in [0.717, 1.165) is 13.1 Å². The van der Waals surface area contributed by atoms with Gasteiger partial charge in [-0.2, -0.15) is 0 Å². The van der Waals surface area contributed by atoms with Crippen molar-refractivity contribution in [3.63, 3.8) is 0 Å². The molecular weight excluding hydrogens is 220 g/mol. The van der Waals surface area contributed by atoms with Gasteiger partial charge in [0.25, 0.3) is 0 Å². The Labute approximate surface area is 62.2 Å². The average molecular weight is 229 g/mol. The maximum Gasteiger partial charge on any atom is 0.163 e. The summed E-state index contributed by atoms with van der Waals surface area (Å²) in [7, 11) is 0. The van der Waals surface area contributed by atoms with E-state index in [-0.39, 0.29) is 0 Å². The van der Waals surface area contributed by atoms with Crippen LogP contribution in [0.25, 0.3) is 0 Å². The van der Waals surface area contributed by atoms with E-state index in [1.807, 2.05) is 22.6 Å². The van der Waals surface area contributed by atoms with Crippen LogP contribution in [0.3, 0.4) is 0 Å². The second kappa shape index (κ2) is 2.47. The molecule has 0 unspecified atom stereocenters. The van der Waals surface area contributed by atoms with E-state index in [1.165, 1.54) is 0 Å². The van der Waals surface area contributed by atoms with Crippen LogP contribution in [0.5, 0.6) is 0 Å². The van der Waals surface area contributed by atoms with Crippen LogP contribution in [0.2, 0.25) is 0 Å². The lowest BCUT2D eigenvalue weighted by atomic mass is 10.1. The molecule has 48 valence electrons. The zero-order valence-corrected chi connectivity index (χ0v) is 6.74. The molecule has 0 bridgehead atoms. The molecule has 0 aromatic carbocycles. The number of hydrogen-bond donors (Lipinski definition) is 1. The van der Waals surface area contributed by atoms with Crippen LogP contribution in [0.15, 0.2) is 0 Å². The van der Waals surface area contributed by atoms with E-state index in [9.17, 15) is 4.39 Å². The standard InChI is InChI=1S/C5H9FIN/c6-5(7)1-3-8-4-2-5/h8H,1-4H2. The molecule has 1 saturated heterocycles. The molecule has 0 radical (unpaired) electrons. The van der Waals surface area contributed by atoms with E-state index in [2.05, 4.69) is 5.32 Å². The largest absolute Gasteiger partial charge is 0.316 e. The van der Waals surface area contributed by atoms with Gasteiger partial charge < -0.3 is 5.32 Å². The van der Waals surface area contributed by atoms with Gasteiger partial charge in [0.1, 0.15) is 0 Å². The minimum atomic E-state index is -0.914. The van der Waals surface area contributed by atoms with Crippen molar-refractivity contribution in [2.24, 2.45) is 0 Å². The first-order valence-corrected chi connectivity index (χ1v) is 3.87. The Morgan fingerprint density at radius 2 is 1.88 bits per heavy atom. The molecule has 1 aliphatic rings. The van der Waals surface area contributed by atoms with Crippen molar-refractivity contribution in [1.82, 2.24) is 5.32 Å².